The summed E-state index contributed by atoms with van der Waals surface area (Å²) in [5.74, 6) is -0.317. The molecule has 0 saturated carbocycles. The fraction of sp³-hybridized carbons (Fsp3) is 0.476. The summed E-state index contributed by atoms with van der Waals surface area (Å²) in [5, 5.41) is 13.3. The van der Waals surface area contributed by atoms with Crippen molar-refractivity contribution in [1.29, 1.82) is 0 Å². The highest BCUT2D eigenvalue weighted by molar-refractivity contribution is 7.98. The fourth-order valence-electron chi connectivity index (χ4n) is 3.53. The minimum absolute atomic E-state index is 0.237. The molecule has 32 heavy (non-hydrogen) atoms. The molecule has 1 aromatic heterocycles. The molecule has 0 unspecified atom stereocenters. The van der Waals surface area contributed by atoms with Crippen LogP contribution in [-0.4, -0.2) is 75.9 Å². The Kier molecular flexibility index (Phi) is 8.60. The maximum atomic E-state index is 13.3. The SMILES string of the molecule is CN[C@@H](C)C(=O)N[C@@H](CSC)C(=O)N1CCC[C@H]1C(=O)Nc1snnc1-c1ccccc1. The van der Waals surface area contributed by atoms with Gasteiger partial charge in [-0.25, -0.2) is 0 Å². The highest BCUT2D eigenvalue weighted by Crippen LogP contribution is 2.29. The summed E-state index contributed by atoms with van der Waals surface area (Å²) in [6.07, 6.45) is 3.17. The standard InChI is InChI=1S/C21H28N6O3S2/c1-13(22-2)18(28)23-15(12-31-3)21(30)27-11-7-10-16(27)19(29)24-20-17(25-26-32-20)14-8-5-4-6-9-14/h4-6,8-9,13,15-16,22H,7,10-12H2,1-3H3,(H,23,28)(H,24,29)/t13-,15-,16-/m0/s1. The summed E-state index contributed by atoms with van der Waals surface area (Å²) >= 11 is 2.58. The van der Waals surface area contributed by atoms with Crippen LogP contribution >= 0.6 is 23.3 Å². The van der Waals surface area contributed by atoms with Gasteiger partial charge in [-0.1, -0.05) is 34.8 Å². The van der Waals surface area contributed by atoms with Gasteiger partial charge in [0.15, 0.2) is 0 Å². The predicted octanol–water partition coefficient (Wildman–Crippen LogP) is 1.59. The van der Waals surface area contributed by atoms with Crippen molar-refractivity contribution < 1.29 is 14.4 Å². The molecule has 3 N–H and O–H groups in total. The lowest BCUT2D eigenvalue weighted by atomic mass is 10.1. The van der Waals surface area contributed by atoms with E-state index in [9.17, 15) is 14.4 Å². The van der Waals surface area contributed by atoms with Gasteiger partial charge in [-0.2, -0.15) is 11.8 Å². The van der Waals surface area contributed by atoms with E-state index in [0.29, 0.717) is 29.4 Å². The number of likely N-dealkylation sites (N-methyl/N-ethyl adjacent to an activating group) is 1. The Hall–Kier alpha value is -2.50. The Morgan fingerprint density at radius 3 is 2.72 bits per heavy atom. The number of carbonyl (C=O) groups is 3. The zero-order valence-electron chi connectivity index (χ0n) is 18.3. The van der Waals surface area contributed by atoms with Gasteiger partial charge in [-0.3, -0.25) is 14.4 Å². The van der Waals surface area contributed by atoms with Crippen LogP contribution in [0.3, 0.4) is 0 Å². The largest absolute Gasteiger partial charge is 0.342 e. The molecule has 172 valence electrons. The zero-order valence-corrected chi connectivity index (χ0v) is 20.0. The molecule has 1 fully saturated rings. The highest BCUT2D eigenvalue weighted by atomic mass is 32.2. The quantitative estimate of drug-likeness (QED) is 0.503. The molecule has 3 atom stereocenters. The molecule has 2 heterocycles. The number of hydrogen-bond acceptors (Lipinski definition) is 8. The van der Waals surface area contributed by atoms with Gasteiger partial charge >= 0.3 is 0 Å². The third-order valence-corrected chi connectivity index (χ3v) is 6.69. The number of carbonyl (C=O) groups excluding carboxylic acids is 3. The molecule has 2 aromatic rings. The molecule has 1 saturated heterocycles. The summed E-state index contributed by atoms with van der Waals surface area (Å²) in [7, 11) is 1.69. The number of likely N-dealkylation sites (tertiary alicyclic amines) is 1. The maximum Gasteiger partial charge on any atom is 0.247 e. The molecule has 0 radical (unpaired) electrons. The van der Waals surface area contributed by atoms with E-state index < -0.39 is 18.1 Å². The van der Waals surface area contributed by atoms with E-state index >= 15 is 0 Å². The minimum atomic E-state index is -0.688. The molecule has 1 aromatic carbocycles. The van der Waals surface area contributed by atoms with Crippen molar-refractivity contribution in [2.75, 3.05) is 30.9 Å². The van der Waals surface area contributed by atoms with E-state index in [1.54, 1.807) is 18.9 Å². The molecule has 3 rings (SSSR count). The van der Waals surface area contributed by atoms with E-state index in [0.717, 1.165) is 23.5 Å². The third-order valence-electron chi connectivity index (χ3n) is 5.38. The first kappa shape index (κ1) is 24.1. The second kappa shape index (κ2) is 11.4. The van der Waals surface area contributed by atoms with Crippen molar-refractivity contribution in [3.8, 4) is 11.3 Å². The zero-order chi connectivity index (χ0) is 23.1. The number of nitrogens with zero attached hydrogens (tertiary/aromatic N) is 3. The van der Waals surface area contributed by atoms with E-state index in [1.807, 2.05) is 36.6 Å². The monoisotopic (exact) mass is 476 g/mol. The number of nitrogens with one attached hydrogen (secondary N) is 3. The lowest BCUT2D eigenvalue weighted by Gasteiger charge is -2.29. The van der Waals surface area contributed by atoms with E-state index in [-0.39, 0.29) is 17.7 Å². The average Bonchev–Trinajstić information content (AvgIpc) is 3.48. The van der Waals surface area contributed by atoms with Crippen LogP contribution in [-0.2, 0) is 14.4 Å². The summed E-state index contributed by atoms with van der Waals surface area (Å²) in [6.45, 7) is 2.21. The molecule has 0 spiro atoms. The van der Waals surface area contributed by atoms with Gasteiger partial charge in [0, 0.05) is 29.4 Å². The average molecular weight is 477 g/mol. The Balaban J connectivity index is 1.72. The van der Waals surface area contributed by atoms with Gasteiger partial charge in [0.2, 0.25) is 17.7 Å². The van der Waals surface area contributed by atoms with E-state index in [4.69, 9.17) is 0 Å². The van der Waals surface area contributed by atoms with Crippen LogP contribution in [0.1, 0.15) is 19.8 Å². The summed E-state index contributed by atoms with van der Waals surface area (Å²) in [5.41, 5.74) is 1.46. The van der Waals surface area contributed by atoms with Gasteiger partial charge in [-0.15, -0.1) is 5.10 Å². The molecule has 1 aliphatic rings. The summed E-state index contributed by atoms with van der Waals surface area (Å²) in [6, 6.07) is 7.80. The normalized spacial score (nSPS) is 17.6. The molecule has 0 bridgehead atoms. The first-order chi connectivity index (χ1) is 15.5. The molecule has 9 nitrogen and oxygen atoms in total. The van der Waals surface area contributed by atoms with Crippen molar-refractivity contribution in [3.63, 3.8) is 0 Å². The molecule has 11 heteroatoms. The first-order valence-electron chi connectivity index (χ1n) is 10.4. The van der Waals surface area contributed by atoms with Crippen molar-refractivity contribution in [2.45, 2.75) is 37.9 Å². The number of anilines is 1. The van der Waals surface area contributed by atoms with Crippen LogP contribution in [0.4, 0.5) is 5.00 Å². The molecule has 0 aliphatic carbocycles. The number of thioether (sulfide) groups is 1. The highest BCUT2D eigenvalue weighted by Gasteiger charge is 2.38. The molecular weight excluding hydrogens is 448 g/mol. The second-order valence-corrected chi connectivity index (χ2v) is 9.19. The lowest BCUT2D eigenvalue weighted by Crippen LogP contribution is -2.55. The van der Waals surface area contributed by atoms with Crippen LogP contribution in [0.5, 0.6) is 0 Å². The Bertz CT molecular complexity index is 939. The number of aromatic nitrogens is 2. The van der Waals surface area contributed by atoms with E-state index in [2.05, 4.69) is 25.5 Å². The number of rotatable bonds is 9. The summed E-state index contributed by atoms with van der Waals surface area (Å²) in [4.78, 5) is 40.3. The molecular formula is C21H28N6O3S2. The molecule has 3 amide bonds. The van der Waals surface area contributed by atoms with Crippen LogP contribution in [0.25, 0.3) is 11.3 Å². The van der Waals surface area contributed by atoms with Crippen molar-refractivity contribution in [1.82, 2.24) is 25.1 Å². The Morgan fingerprint density at radius 1 is 1.28 bits per heavy atom. The van der Waals surface area contributed by atoms with Crippen molar-refractivity contribution in [3.05, 3.63) is 30.3 Å². The predicted molar refractivity (Wildman–Crippen MR) is 128 cm³/mol. The minimum Gasteiger partial charge on any atom is -0.342 e. The smallest absolute Gasteiger partial charge is 0.247 e. The number of hydrogen-bond donors (Lipinski definition) is 3. The van der Waals surface area contributed by atoms with Crippen LogP contribution in [0, 0.1) is 0 Å². The lowest BCUT2D eigenvalue weighted by molar-refractivity contribution is -0.139. The Morgan fingerprint density at radius 2 is 2.03 bits per heavy atom. The van der Waals surface area contributed by atoms with Crippen molar-refractivity contribution >= 4 is 46.0 Å². The van der Waals surface area contributed by atoms with Gasteiger partial charge in [0.25, 0.3) is 0 Å². The van der Waals surface area contributed by atoms with Gasteiger partial charge < -0.3 is 20.9 Å². The third kappa shape index (κ3) is 5.64. The van der Waals surface area contributed by atoms with Crippen LogP contribution in [0.15, 0.2) is 30.3 Å². The van der Waals surface area contributed by atoms with Gasteiger partial charge in [0.1, 0.15) is 22.8 Å². The number of benzene rings is 1. The van der Waals surface area contributed by atoms with Gasteiger partial charge in [-0.05, 0) is 33.1 Å². The van der Waals surface area contributed by atoms with E-state index in [1.165, 1.54) is 11.8 Å². The van der Waals surface area contributed by atoms with Crippen LogP contribution in [0.2, 0.25) is 0 Å². The second-order valence-electron chi connectivity index (χ2n) is 7.52. The van der Waals surface area contributed by atoms with Crippen LogP contribution < -0.4 is 16.0 Å². The Labute approximate surface area is 195 Å². The van der Waals surface area contributed by atoms with Gasteiger partial charge in [0.05, 0.1) is 6.04 Å². The fourth-order valence-corrected chi connectivity index (χ4v) is 4.68. The molecule has 1 aliphatic heterocycles. The first-order valence-corrected chi connectivity index (χ1v) is 12.6. The topological polar surface area (TPSA) is 116 Å². The number of amides is 3. The van der Waals surface area contributed by atoms with Crippen molar-refractivity contribution in [2.24, 2.45) is 0 Å². The maximum absolute atomic E-state index is 13.3. The summed E-state index contributed by atoms with van der Waals surface area (Å²) < 4.78 is 3.98.